The number of hydrogen-bond donors (Lipinski definition) is 1. The number of halogens is 1. The predicted molar refractivity (Wildman–Crippen MR) is 78.9 cm³/mol. The molecule has 0 radical (unpaired) electrons. The Morgan fingerprint density at radius 3 is 2.90 bits per heavy atom. The minimum Gasteiger partial charge on any atom is -0.497 e. The highest BCUT2D eigenvalue weighted by atomic mass is 79.9. The van der Waals surface area contributed by atoms with Gasteiger partial charge in [-0.25, -0.2) is 4.98 Å². The fourth-order valence-electron chi connectivity index (χ4n) is 2.03. The topological polar surface area (TPSA) is 64.3 Å². The van der Waals surface area contributed by atoms with Gasteiger partial charge in [-0.15, -0.1) is 0 Å². The zero-order valence-corrected chi connectivity index (χ0v) is 12.8. The van der Waals surface area contributed by atoms with Gasteiger partial charge in [0.1, 0.15) is 16.2 Å². The highest BCUT2D eigenvalue weighted by Crippen LogP contribution is 2.30. The lowest BCUT2D eigenvalue weighted by molar-refractivity contribution is -0.137. The van der Waals surface area contributed by atoms with Crippen molar-refractivity contribution in [3.8, 4) is 17.0 Å². The normalized spacial score (nSPS) is 10.6. The molecule has 106 valence electrons. The van der Waals surface area contributed by atoms with Crippen LogP contribution in [0.15, 0.2) is 28.9 Å². The predicted octanol–water partition coefficient (Wildman–Crippen LogP) is 2.88. The number of imidazole rings is 1. The van der Waals surface area contributed by atoms with Crippen LogP contribution in [0.2, 0.25) is 0 Å². The maximum atomic E-state index is 10.7. The van der Waals surface area contributed by atoms with Gasteiger partial charge in [-0.05, 0) is 28.1 Å². The summed E-state index contributed by atoms with van der Waals surface area (Å²) in [6, 6.07) is 7.66. The third-order valence-electron chi connectivity index (χ3n) is 3.05. The Hall–Kier alpha value is -1.82. The van der Waals surface area contributed by atoms with E-state index in [1.54, 1.807) is 7.11 Å². The number of methoxy groups -OCH3 is 1. The van der Waals surface area contributed by atoms with Crippen LogP contribution < -0.4 is 4.74 Å². The minimum absolute atomic E-state index is 0.0643. The number of carboxylic acid groups (broad SMARTS) is 1. The first-order valence-corrected chi connectivity index (χ1v) is 6.89. The van der Waals surface area contributed by atoms with Gasteiger partial charge in [0, 0.05) is 19.0 Å². The summed E-state index contributed by atoms with van der Waals surface area (Å²) in [7, 11) is 3.50. The highest BCUT2D eigenvalue weighted by Gasteiger charge is 2.15. The van der Waals surface area contributed by atoms with E-state index in [-0.39, 0.29) is 6.42 Å². The van der Waals surface area contributed by atoms with Crippen molar-refractivity contribution >= 4 is 21.9 Å². The maximum Gasteiger partial charge on any atom is 0.303 e. The van der Waals surface area contributed by atoms with E-state index in [1.165, 1.54) is 0 Å². The van der Waals surface area contributed by atoms with Crippen LogP contribution in [-0.2, 0) is 18.3 Å². The molecule has 1 aromatic heterocycles. The number of carboxylic acids is 1. The number of nitrogens with zero attached hydrogens (tertiary/aromatic N) is 2. The van der Waals surface area contributed by atoms with Gasteiger partial charge in [0.2, 0.25) is 0 Å². The van der Waals surface area contributed by atoms with Crippen molar-refractivity contribution < 1.29 is 14.6 Å². The van der Waals surface area contributed by atoms with Gasteiger partial charge < -0.3 is 14.4 Å². The average molecular weight is 339 g/mol. The van der Waals surface area contributed by atoms with E-state index in [0.717, 1.165) is 22.8 Å². The largest absolute Gasteiger partial charge is 0.497 e. The van der Waals surface area contributed by atoms with Crippen molar-refractivity contribution in [2.24, 2.45) is 7.05 Å². The molecule has 5 nitrogen and oxygen atoms in total. The molecular weight excluding hydrogens is 324 g/mol. The monoisotopic (exact) mass is 338 g/mol. The Balaban J connectivity index is 2.38. The first kappa shape index (κ1) is 14.6. The second-order valence-electron chi connectivity index (χ2n) is 4.35. The Morgan fingerprint density at radius 2 is 2.25 bits per heavy atom. The third kappa shape index (κ3) is 3.01. The molecular formula is C14H15BrN2O3. The van der Waals surface area contributed by atoms with Crippen LogP contribution >= 0.6 is 15.9 Å². The number of aryl methyl sites for hydroxylation is 1. The summed E-state index contributed by atoms with van der Waals surface area (Å²) in [6.45, 7) is 0. The molecule has 0 aliphatic heterocycles. The summed E-state index contributed by atoms with van der Waals surface area (Å²) >= 11 is 3.44. The number of rotatable bonds is 5. The molecule has 2 aromatic rings. The van der Waals surface area contributed by atoms with Crippen molar-refractivity contribution in [1.29, 1.82) is 0 Å². The molecule has 2 rings (SSSR count). The van der Waals surface area contributed by atoms with Crippen molar-refractivity contribution in [3.05, 3.63) is 34.7 Å². The zero-order chi connectivity index (χ0) is 14.7. The molecule has 1 heterocycles. The van der Waals surface area contributed by atoms with Crippen LogP contribution in [0.25, 0.3) is 11.3 Å². The number of carbonyl (C=O) groups is 1. The fourth-order valence-corrected chi connectivity index (χ4v) is 2.73. The molecule has 0 spiro atoms. The molecule has 20 heavy (non-hydrogen) atoms. The van der Waals surface area contributed by atoms with E-state index in [0.29, 0.717) is 11.0 Å². The van der Waals surface area contributed by atoms with Gasteiger partial charge in [-0.1, -0.05) is 12.1 Å². The van der Waals surface area contributed by atoms with Crippen LogP contribution in [-0.4, -0.2) is 27.7 Å². The molecule has 0 aliphatic rings. The highest BCUT2D eigenvalue weighted by molar-refractivity contribution is 9.10. The summed E-state index contributed by atoms with van der Waals surface area (Å²) in [4.78, 5) is 15.1. The van der Waals surface area contributed by atoms with E-state index in [4.69, 9.17) is 9.84 Å². The summed E-state index contributed by atoms with van der Waals surface area (Å²) in [5.74, 6) is 0.673. The summed E-state index contributed by atoms with van der Waals surface area (Å²) < 4.78 is 7.83. The van der Waals surface area contributed by atoms with Crippen molar-refractivity contribution in [3.63, 3.8) is 0 Å². The smallest absolute Gasteiger partial charge is 0.303 e. The first-order valence-electron chi connectivity index (χ1n) is 6.10. The Kier molecular flexibility index (Phi) is 4.44. The lowest BCUT2D eigenvalue weighted by atomic mass is 10.1. The van der Waals surface area contributed by atoms with E-state index in [9.17, 15) is 4.79 Å². The van der Waals surface area contributed by atoms with Gasteiger partial charge in [-0.2, -0.15) is 0 Å². The van der Waals surface area contributed by atoms with E-state index < -0.39 is 5.97 Å². The van der Waals surface area contributed by atoms with Crippen LogP contribution in [0.4, 0.5) is 0 Å². The Bertz CT molecular complexity index is 637. The number of benzene rings is 1. The first-order chi connectivity index (χ1) is 9.52. The molecule has 6 heteroatoms. The molecule has 0 aliphatic carbocycles. The second kappa shape index (κ2) is 6.09. The van der Waals surface area contributed by atoms with Crippen LogP contribution in [0.1, 0.15) is 12.2 Å². The maximum absolute atomic E-state index is 10.7. The zero-order valence-electron chi connectivity index (χ0n) is 11.3. The number of hydrogen-bond acceptors (Lipinski definition) is 3. The summed E-state index contributed by atoms with van der Waals surface area (Å²) in [5, 5.41) is 8.76. The Morgan fingerprint density at radius 1 is 1.50 bits per heavy atom. The van der Waals surface area contributed by atoms with Crippen LogP contribution in [0, 0.1) is 0 Å². The lowest BCUT2D eigenvalue weighted by Crippen LogP contribution is -2.04. The molecule has 0 atom stereocenters. The van der Waals surface area contributed by atoms with Gasteiger partial charge in [0.15, 0.2) is 0 Å². The Labute approximate surface area is 125 Å². The molecule has 0 unspecified atom stereocenters. The van der Waals surface area contributed by atoms with Crippen molar-refractivity contribution in [2.75, 3.05) is 7.11 Å². The van der Waals surface area contributed by atoms with Crippen molar-refractivity contribution in [1.82, 2.24) is 9.55 Å². The van der Waals surface area contributed by atoms with E-state index >= 15 is 0 Å². The van der Waals surface area contributed by atoms with Gasteiger partial charge >= 0.3 is 5.97 Å². The second-order valence-corrected chi connectivity index (χ2v) is 5.10. The quantitative estimate of drug-likeness (QED) is 0.910. The van der Waals surface area contributed by atoms with Gasteiger partial charge in [0.25, 0.3) is 0 Å². The standard InChI is InChI=1S/C14H15BrN2O3/c1-17-11(6-7-12(18)19)16-14(15)13(17)9-4-3-5-10(8-9)20-2/h3-5,8H,6-7H2,1-2H3,(H,18,19). The summed E-state index contributed by atoms with van der Waals surface area (Å²) in [6.07, 6.45) is 0.462. The fraction of sp³-hybridized carbons (Fsp3) is 0.286. The van der Waals surface area contributed by atoms with Crippen LogP contribution in [0.5, 0.6) is 5.75 Å². The van der Waals surface area contributed by atoms with E-state index in [1.807, 2.05) is 35.9 Å². The molecule has 0 saturated carbocycles. The molecule has 1 aromatic carbocycles. The number of ether oxygens (including phenoxy) is 1. The SMILES string of the molecule is COc1cccc(-c2c(Br)nc(CCC(=O)O)n2C)c1. The van der Waals surface area contributed by atoms with Crippen LogP contribution in [0.3, 0.4) is 0 Å². The minimum atomic E-state index is -0.827. The lowest BCUT2D eigenvalue weighted by Gasteiger charge is -2.07. The third-order valence-corrected chi connectivity index (χ3v) is 3.60. The number of aliphatic carboxylic acids is 1. The van der Waals surface area contributed by atoms with E-state index in [2.05, 4.69) is 20.9 Å². The van der Waals surface area contributed by atoms with Gasteiger partial charge in [-0.3, -0.25) is 4.79 Å². The number of aromatic nitrogens is 2. The molecule has 0 fully saturated rings. The summed E-state index contributed by atoms with van der Waals surface area (Å²) in [5.41, 5.74) is 1.87. The molecule has 0 bridgehead atoms. The average Bonchev–Trinajstić information content (AvgIpc) is 2.71. The molecule has 1 N–H and O–H groups in total. The molecule has 0 saturated heterocycles. The van der Waals surface area contributed by atoms with Crippen molar-refractivity contribution in [2.45, 2.75) is 12.8 Å². The molecule has 0 amide bonds. The van der Waals surface area contributed by atoms with Gasteiger partial charge in [0.05, 0.1) is 19.2 Å².